The van der Waals surface area contributed by atoms with Crippen molar-refractivity contribution in [2.24, 2.45) is 7.05 Å². The molecular formula is C14H20N4O2. The molecule has 0 aliphatic rings. The number of carbonyl (C=O) groups is 1. The molecule has 0 aromatic carbocycles. The Labute approximate surface area is 117 Å². The summed E-state index contributed by atoms with van der Waals surface area (Å²) in [7, 11) is 1.85. The molecule has 0 saturated heterocycles. The number of nitrogens with one attached hydrogen (secondary N) is 1. The highest BCUT2D eigenvalue weighted by atomic mass is 16.3. The molecule has 2 heterocycles. The van der Waals surface area contributed by atoms with Gasteiger partial charge in [0.1, 0.15) is 5.52 Å². The molecule has 0 saturated carbocycles. The van der Waals surface area contributed by atoms with Gasteiger partial charge >= 0.3 is 0 Å². The predicted octanol–water partition coefficient (Wildman–Crippen LogP) is 1.25. The second kappa shape index (κ2) is 5.58. The predicted molar refractivity (Wildman–Crippen MR) is 76.4 cm³/mol. The number of aliphatic hydroxyl groups is 1. The standard InChI is InChI=1S/C14H20N4O2/c1-4-14(20,5-2)8-16-13(19)10-6-11-12(15-7-10)18(3)9-17-11/h6-7,9,20H,4-5,8H2,1-3H3,(H,16,19). The van der Waals surface area contributed by atoms with Crippen LogP contribution in [0.3, 0.4) is 0 Å². The van der Waals surface area contributed by atoms with Gasteiger partial charge in [-0.25, -0.2) is 9.97 Å². The van der Waals surface area contributed by atoms with Gasteiger partial charge < -0.3 is 15.0 Å². The number of hydrogen-bond acceptors (Lipinski definition) is 4. The summed E-state index contributed by atoms with van der Waals surface area (Å²) in [6.45, 7) is 4.04. The molecule has 0 fully saturated rings. The van der Waals surface area contributed by atoms with Crippen LogP contribution in [0.5, 0.6) is 0 Å². The van der Waals surface area contributed by atoms with Crippen molar-refractivity contribution in [1.82, 2.24) is 19.9 Å². The number of pyridine rings is 1. The van der Waals surface area contributed by atoms with E-state index >= 15 is 0 Å². The van der Waals surface area contributed by atoms with Crippen LogP contribution in [0.15, 0.2) is 18.6 Å². The van der Waals surface area contributed by atoms with Crippen molar-refractivity contribution in [3.05, 3.63) is 24.2 Å². The van der Waals surface area contributed by atoms with E-state index in [2.05, 4.69) is 15.3 Å². The Morgan fingerprint density at radius 2 is 2.10 bits per heavy atom. The zero-order valence-electron chi connectivity index (χ0n) is 12.1. The summed E-state index contributed by atoms with van der Waals surface area (Å²) in [4.78, 5) is 20.5. The fourth-order valence-corrected chi connectivity index (χ4v) is 1.99. The Bertz CT molecular complexity index is 617. The van der Waals surface area contributed by atoms with Crippen LogP contribution in [0.4, 0.5) is 0 Å². The SMILES string of the molecule is CCC(O)(CC)CNC(=O)c1cnc2c(c1)ncn2C. The van der Waals surface area contributed by atoms with Crippen molar-refractivity contribution in [3.8, 4) is 0 Å². The topological polar surface area (TPSA) is 80.0 Å². The van der Waals surface area contributed by atoms with Crippen molar-refractivity contribution in [3.63, 3.8) is 0 Å². The van der Waals surface area contributed by atoms with Crippen LogP contribution in [0.25, 0.3) is 11.2 Å². The highest BCUT2D eigenvalue weighted by molar-refractivity contribution is 5.96. The van der Waals surface area contributed by atoms with Crippen LogP contribution in [0.1, 0.15) is 37.0 Å². The number of aryl methyl sites for hydroxylation is 1. The van der Waals surface area contributed by atoms with Gasteiger partial charge in [-0.05, 0) is 18.9 Å². The summed E-state index contributed by atoms with van der Waals surface area (Å²) >= 11 is 0. The zero-order valence-corrected chi connectivity index (χ0v) is 12.1. The molecule has 108 valence electrons. The fraction of sp³-hybridized carbons (Fsp3) is 0.500. The third kappa shape index (κ3) is 2.80. The van der Waals surface area contributed by atoms with Gasteiger partial charge in [-0.1, -0.05) is 13.8 Å². The van der Waals surface area contributed by atoms with Gasteiger partial charge in [0.2, 0.25) is 0 Å². The Balaban J connectivity index is 2.11. The molecule has 0 unspecified atom stereocenters. The van der Waals surface area contributed by atoms with Gasteiger partial charge in [0.25, 0.3) is 5.91 Å². The lowest BCUT2D eigenvalue weighted by molar-refractivity contribution is 0.0314. The van der Waals surface area contributed by atoms with E-state index in [1.165, 1.54) is 6.20 Å². The maximum absolute atomic E-state index is 12.1. The number of carbonyl (C=O) groups excluding carboxylic acids is 1. The van der Waals surface area contributed by atoms with Crippen molar-refractivity contribution < 1.29 is 9.90 Å². The highest BCUT2D eigenvalue weighted by Gasteiger charge is 2.23. The molecule has 0 atom stereocenters. The number of fused-ring (bicyclic) bond motifs is 1. The fourth-order valence-electron chi connectivity index (χ4n) is 1.99. The lowest BCUT2D eigenvalue weighted by Gasteiger charge is -2.25. The Morgan fingerprint density at radius 3 is 2.75 bits per heavy atom. The first-order valence-electron chi connectivity index (χ1n) is 6.76. The van der Waals surface area contributed by atoms with Crippen molar-refractivity contribution in [2.45, 2.75) is 32.3 Å². The minimum atomic E-state index is -0.849. The van der Waals surface area contributed by atoms with Crippen LogP contribution in [0.2, 0.25) is 0 Å². The van der Waals surface area contributed by atoms with Gasteiger partial charge in [-0.15, -0.1) is 0 Å². The largest absolute Gasteiger partial charge is 0.388 e. The van der Waals surface area contributed by atoms with Crippen LogP contribution in [0, 0.1) is 0 Å². The molecule has 2 aromatic rings. The van der Waals surface area contributed by atoms with E-state index in [-0.39, 0.29) is 12.5 Å². The zero-order chi connectivity index (χ0) is 14.8. The molecule has 20 heavy (non-hydrogen) atoms. The minimum Gasteiger partial charge on any atom is -0.388 e. The number of amides is 1. The van der Waals surface area contributed by atoms with E-state index in [1.54, 1.807) is 17.0 Å². The van der Waals surface area contributed by atoms with Crippen molar-refractivity contribution in [2.75, 3.05) is 6.54 Å². The average Bonchev–Trinajstić information content (AvgIpc) is 2.85. The number of nitrogens with zero attached hydrogens (tertiary/aromatic N) is 3. The lowest BCUT2D eigenvalue weighted by atomic mass is 9.97. The Hall–Kier alpha value is -1.95. The van der Waals surface area contributed by atoms with Gasteiger partial charge in [0.15, 0.2) is 5.65 Å². The van der Waals surface area contributed by atoms with Crippen LogP contribution >= 0.6 is 0 Å². The average molecular weight is 276 g/mol. The number of imidazole rings is 1. The second-order valence-corrected chi connectivity index (χ2v) is 5.04. The third-order valence-electron chi connectivity index (χ3n) is 3.71. The van der Waals surface area contributed by atoms with Crippen LogP contribution in [-0.4, -0.2) is 37.7 Å². The van der Waals surface area contributed by atoms with E-state index in [9.17, 15) is 9.90 Å². The normalized spacial score (nSPS) is 11.8. The number of aromatic nitrogens is 3. The summed E-state index contributed by atoms with van der Waals surface area (Å²) in [5.74, 6) is -0.245. The van der Waals surface area contributed by atoms with E-state index in [0.29, 0.717) is 23.9 Å². The van der Waals surface area contributed by atoms with E-state index in [4.69, 9.17) is 0 Å². The molecule has 0 aliphatic heterocycles. The smallest absolute Gasteiger partial charge is 0.253 e. The van der Waals surface area contributed by atoms with E-state index in [0.717, 1.165) is 5.65 Å². The van der Waals surface area contributed by atoms with Gasteiger partial charge in [-0.2, -0.15) is 0 Å². The number of hydrogen-bond donors (Lipinski definition) is 2. The van der Waals surface area contributed by atoms with Gasteiger partial charge in [-0.3, -0.25) is 4.79 Å². The lowest BCUT2D eigenvalue weighted by Crippen LogP contribution is -2.42. The van der Waals surface area contributed by atoms with Crippen molar-refractivity contribution in [1.29, 1.82) is 0 Å². The van der Waals surface area contributed by atoms with Gasteiger partial charge in [0.05, 0.1) is 17.5 Å². The summed E-state index contributed by atoms with van der Waals surface area (Å²) in [5.41, 5.74) is 1.02. The summed E-state index contributed by atoms with van der Waals surface area (Å²) in [6.07, 6.45) is 4.38. The molecule has 2 aromatic heterocycles. The molecule has 0 radical (unpaired) electrons. The first kappa shape index (κ1) is 14.5. The first-order valence-corrected chi connectivity index (χ1v) is 6.76. The van der Waals surface area contributed by atoms with E-state index in [1.807, 2.05) is 20.9 Å². The molecule has 6 nitrogen and oxygen atoms in total. The molecular weight excluding hydrogens is 256 g/mol. The maximum Gasteiger partial charge on any atom is 0.253 e. The van der Waals surface area contributed by atoms with Crippen LogP contribution < -0.4 is 5.32 Å². The third-order valence-corrected chi connectivity index (χ3v) is 3.71. The summed E-state index contributed by atoms with van der Waals surface area (Å²) in [6, 6.07) is 1.70. The van der Waals surface area contributed by atoms with Crippen LogP contribution in [-0.2, 0) is 7.05 Å². The molecule has 2 N–H and O–H groups in total. The van der Waals surface area contributed by atoms with Crippen molar-refractivity contribution >= 4 is 17.1 Å². The first-order chi connectivity index (χ1) is 9.49. The maximum atomic E-state index is 12.1. The molecule has 2 rings (SSSR count). The van der Waals surface area contributed by atoms with E-state index < -0.39 is 5.60 Å². The molecule has 0 aliphatic carbocycles. The Kier molecular flexibility index (Phi) is 4.04. The monoisotopic (exact) mass is 276 g/mol. The molecule has 0 spiro atoms. The quantitative estimate of drug-likeness (QED) is 0.861. The minimum absolute atomic E-state index is 0.235. The molecule has 6 heteroatoms. The summed E-state index contributed by atoms with van der Waals surface area (Å²) < 4.78 is 1.80. The number of rotatable bonds is 5. The molecule has 0 bridgehead atoms. The summed E-state index contributed by atoms with van der Waals surface area (Å²) in [5, 5.41) is 12.9. The second-order valence-electron chi connectivity index (χ2n) is 5.04. The molecule has 1 amide bonds. The highest BCUT2D eigenvalue weighted by Crippen LogP contribution is 2.14. The Morgan fingerprint density at radius 1 is 1.40 bits per heavy atom. The van der Waals surface area contributed by atoms with Gasteiger partial charge in [0, 0.05) is 19.8 Å².